The summed E-state index contributed by atoms with van der Waals surface area (Å²) in [6.07, 6.45) is 4.91. The number of ether oxygens (including phenoxy) is 2. The lowest BCUT2D eigenvalue weighted by Crippen LogP contribution is -2.43. The SMILES string of the molecule is CCOC(=O)C1CCN(C(=O)C(C)Sc2nccn2-c2cccc(OC)c2)CC1. The Morgan fingerprint density at radius 3 is 2.76 bits per heavy atom. The summed E-state index contributed by atoms with van der Waals surface area (Å²) >= 11 is 1.43. The number of hydrogen-bond donors (Lipinski definition) is 0. The van der Waals surface area contributed by atoms with Crippen LogP contribution in [0.5, 0.6) is 5.75 Å². The predicted octanol–water partition coefficient (Wildman–Crippen LogP) is 3.16. The number of esters is 1. The zero-order valence-corrected chi connectivity index (χ0v) is 17.9. The molecule has 0 spiro atoms. The van der Waals surface area contributed by atoms with Gasteiger partial charge in [0.1, 0.15) is 5.75 Å². The molecule has 0 radical (unpaired) electrons. The highest BCUT2D eigenvalue weighted by Gasteiger charge is 2.30. The molecule has 1 atom stereocenters. The van der Waals surface area contributed by atoms with Crippen LogP contribution in [0.25, 0.3) is 5.69 Å². The average molecular weight is 418 g/mol. The van der Waals surface area contributed by atoms with Crippen molar-refractivity contribution in [2.75, 3.05) is 26.8 Å². The number of methoxy groups -OCH3 is 1. The Morgan fingerprint density at radius 2 is 2.07 bits per heavy atom. The molecule has 1 unspecified atom stereocenters. The van der Waals surface area contributed by atoms with Crippen molar-refractivity contribution in [1.82, 2.24) is 14.5 Å². The van der Waals surface area contributed by atoms with Crippen molar-refractivity contribution in [2.24, 2.45) is 5.92 Å². The van der Waals surface area contributed by atoms with E-state index >= 15 is 0 Å². The van der Waals surface area contributed by atoms with Crippen LogP contribution in [0.2, 0.25) is 0 Å². The van der Waals surface area contributed by atoms with Gasteiger partial charge in [-0.3, -0.25) is 14.2 Å². The maximum absolute atomic E-state index is 12.9. The van der Waals surface area contributed by atoms with Gasteiger partial charge in [0.05, 0.1) is 30.6 Å². The summed E-state index contributed by atoms with van der Waals surface area (Å²) in [5.41, 5.74) is 0.930. The Hall–Kier alpha value is -2.48. The number of rotatable bonds is 7. The quantitative estimate of drug-likeness (QED) is 0.509. The number of carbonyl (C=O) groups is 2. The fourth-order valence-corrected chi connectivity index (χ4v) is 4.36. The Bertz CT molecular complexity index is 846. The fourth-order valence-electron chi connectivity index (χ4n) is 3.40. The normalized spacial score (nSPS) is 15.8. The van der Waals surface area contributed by atoms with E-state index in [4.69, 9.17) is 9.47 Å². The molecule has 1 amide bonds. The van der Waals surface area contributed by atoms with Crippen molar-refractivity contribution in [3.8, 4) is 11.4 Å². The van der Waals surface area contributed by atoms with Gasteiger partial charge in [-0.25, -0.2) is 4.98 Å². The maximum Gasteiger partial charge on any atom is 0.309 e. The molecule has 0 saturated carbocycles. The lowest BCUT2D eigenvalue weighted by molar-refractivity contribution is -0.151. The number of piperidine rings is 1. The van der Waals surface area contributed by atoms with Crippen molar-refractivity contribution in [2.45, 2.75) is 37.1 Å². The largest absolute Gasteiger partial charge is 0.497 e. The molecule has 8 heteroatoms. The lowest BCUT2D eigenvalue weighted by Gasteiger charge is -2.32. The van der Waals surface area contributed by atoms with Crippen molar-refractivity contribution in [3.63, 3.8) is 0 Å². The molecule has 0 aliphatic carbocycles. The fraction of sp³-hybridized carbons (Fsp3) is 0.476. The van der Waals surface area contributed by atoms with E-state index in [0.717, 1.165) is 16.6 Å². The molecule has 3 rings (SSSR count). The van der Waals surface area contributed by atoms with E-state index in [-0.39, 0.29) is 23.0 Å². The molecule has 2 heterocycles. The van der Waals surface area contributed by atoms with Gasteiger partial charge in [0.25, 0.3) is 0 Å². The van der Waals surface area contributed by atoms with Crippen LogP contribution in [0.1, 0.15) is 26.7 Å². The van der Waals surface area contributed by atoms with Crippen LogP contribution in [0.3, 0.4) is 0 Å². The summed E-state index contributed by atoms with van der Waals surface area (Å²) in [5.74, 6) is 0.578. The van der Waals surface area contributed by atoms with Gasteiger partial charge in [0, 0.05) is 31.5 Å². The van der Waals surface area contributed by atoms with Gasteiger partial charge < -0.3 is 14.4 Å². The molecule has 0 bridgehead atoms. The highest BCUT2D eigenvalue weighted by molar-refractivity contribution is 8.00. The third-order valence-electron chi connectivity index (χ3n) is 4.99. The first-order valence-electron chi connectivity index (χ1n) is 9.83. The first kappa shape index (κ1) is 21.2. The molecule has 29 heavy (non-hydrogen) atoms. The van der Waals surface area contributed by atoms with E-state index in [9.17, 15) is 9.59 Å². The number of benzene rings is 1. The third kappa shape index (κ3) is 5.12. The number of nitrogens with zero attached hydrogens (tertiary/aromatic N) is 3. The molecule has 1 aliphatic rings. The van der Waals surface area contributed by atoms with Crippen LogP contribution in [0, 0.1) is 5.92 Å². The summed E-state index contributed by atoms with van der Waals surface area (Å²) in [4.78, 5) is 31.1. The van der Waals surface area contributed by atoms with E-state index in [0.29, 0.717) is 32.5 Å². The van der Waals surface area contributed by atoms with Gasteiger partial charge in [-0.1, -0.05) is 17.8 Å². The summed E-state index contributed by atoms with van der Waals surface area (Å²) < 4.78 is 12.3. The molecular formula is C21H27N3O4S. The first-order chi connectivity index (χ1) is 14.0. The molecule has 7 nitrogen and oxygen atoms in total. The Morgan fingerprint density at radius 1 is 1.31 bits per heavy atom. The highest BCUT2D eigenvalue weighted by Crippen LogP contribution is 2.28. The maximum atomic E-state index is 12.9. The molecule has 1 fully saturated rings. The van der Waals surface area contributed by atoms with Gasteiger partial charge in [-0.2, -0.15) is 0 Å². The molecule has 2 aromatic rings. The van der Waals surface area contributed by atoms with Gasteiger partial charge in [-0.05, 0) is 38.8 Å². The van der Waals surface area contributed by atoms with Crippen LogP contribution < -0.4 is 4.74 Å². The smallest absolute Gasteiger partial charge is 0.309 e. The number of amides is 1. The number of thioether (sulfide) groups is 1. The van der Waals surface area contributed by atoms with Crippen LogP contribution in [-0.4, -0.2) is 58.4 Å². The predicted molar refractivity (Wildman–Crippen MR) is 111 cm³/mol. The zero-order chi connectivity index (χ0) is 20.8. The summed E-state index contributed by atoms with van der Waals surface area (Å²) in [6, 6.07) is 7.71. The van der Waals surface area contributed by atoms with E-state index < -0.39 is 0 Å². The van der Waals surface area contributed by atoms with Crippen LogP contribution in [-0.2, 0) is 14.3 Å². The zero-order valence-electron chi connectivity index (χ0n) is 17.0. The number of imidazole rings is 1. The summed E-state index contributed by atoms with van der Waals surface area (Å²) in [7, 11) is 1.63. The molecule has 1 saturated heterocycles. The third-order valence-corrected chi connectivity index (χ3v) is 6.06. The summed E-state index contributed by atoms with van der Waals surface area (Å²) in [6.45, 7) is 5.26. The van der Waals surface area contributed by atoms with Crippen molar-refractivity contribution < 1.29 is 19.1 Å². The second-order valence-electron chi connectivity index (χ2n) is 6.89. The number of aromatic nitrogens is 2. The van der Waals surface area contributed by atoms with E-state index in [1.165, 1.54) is 11.8 Å². The highest BCUT2D eigenvalue weighted by atomic mass is 32.2. The molecule has 1 aliphatic heterocycles. The Balaban J connectivity index is 1.61. The van der Waals surface area contributed by atoms with E-state index in [2.05, 4.69) is 4.98 Å². The molecule has 1 aromatic carbocycles. The van der Waals surface area contributed by atoms with Crippen molar-refractivity contribution >= 4 is 23.6 Å². The van der Waals surface area contributed by atoms with Gasteiger partial charge in [-0.15, -0.1) is 0 Å². The molecule has 156 valence electrons. The lowest BCUT2D eigenvalue weighted by atomic mass is 9.97. The first-order valence-corrected chi connectivity index (χ1v) is 10.7. The van der Waals surface area contributed by atoms with Crippen LogP contribution >= 0.6 is 11.8 Å². The van der Waals surface area contributed by atoms with Gasteiger partial charge in [0.15, 0.2) is 5.16 Å². The van der Waals surface area contributed by atoms with Gasteiger partial charge >= 0.3 is 5.97 Å². The minimum absolute atomic E-state index is 0.0671. The van der Waals surface area contributed by atoms with Gasteiger partial charge in [0.2, 0.25) is 5.91 Å². The number of carbonyl (C=O) groups excluding carboxylic acids is 2. The van der Waals surface area contributed by atoms with Crippen molar-refractivity contribution in [1.29, 1.82) is 0 Å². The topological polar surface area (TPSA) is 73.7 Å². The van der Waals surface area contributed by atoms with Crippen LogP contribution in [0.4, 0.5) is 0 Å². The molecule has 0 N–H and O–H groups in total. The van der Waals surface area contributed by atoms with Crippen molar-refractivity contribution in [3.05, 3.63) is 36.7 Å². The summed E-state index contributed by atoms with van der Waals surface area (Å²) in [5, 5.41) is 0.474. The number of likely N-dealkylation sites (tertiary alicyclic amines) is 1. The molecule has 1 aromatic heterocycles. The minimum Gasteiger partial charge on any atom is -0.497 e. The monoisotopic (exact) mass is 417 g/mol. The van der Waals surface area contributed by atoms with Crippen LogP contribution in [0.15, 0.2) is 41.8 Å². The number of hydrogen-bond acceptors (Lipinski definition) is 6. The minimum atomic E-state index is -0.277. The Labute approximate surface area is 175 Å². The van der Waals surface area contributed by atoms with E-state index in [1.807, 2.05) is 53.8 Å². The van der Waals surface area contributed by atoms with E-state index in [1.54, 1.807) is 13.3 Å². The average Bonchev–Trinajstić information content (AvgIpc) is 3.21. The second-order valence-corrected chi connectivity index (χ2v) is 8.20. The Kier molecular flexibility index (Phi) is 7.19. The standard InChI is InChI=1S/C21H27N3O4S/c1-4-28-20(26)16-8-11-23(12-9-16)19(25)15(2)29-21-22-10-13-24(21)17-6-5-7-18(14-17)27-3/h5-7,10,13-16H,4,8-9,11-12H2,1-3H3. The second kappa shape index (κ2) is 9.82. The molecular weight excluding hydrogens is 390 g/mol.